The maximum absolute atomic E-state index is 10.9. The van der Waals surface area contributed by atoms with E-state index in [1.807, 2.05) is 0 Å². The van der Waals surface area contributed by atoms with Crippen molar-refractivity contribution in [1.29, 1.82) is 0 Å². The third-order valence-electron chi connectivity index (χ3n) is 1.61. The normalized spacial score (nSPS) is 20.5. The van der Waals surface area contributed by atoms with Crippen LogP contribution in [0.15, 0.2) is 0 Å². The van der Waals surface area contributed by atoms with Crippen molar-refractivity contribution >= 4 is 13.7 Å². The molecule has 0 aromatic carbocycles. The van der Waals surface area contributed by atoms with Gasteiger partial charge in [0.05, 0.1) is 0 Å². The number of rotatable bonds is 1. The van der Waals surface area contributed by atoms with Crippen LogP contribution < -0.4 is 0 Å². The molecule has 2 N–H and O–H groups in total. The minimum absolute atomic E-state index is 0.184. The highest BCUT2D eigenvalue weighted by Crippen LogP contribution is 2.42. The Kier molecular flexibility index (Phi) is 2.32. The summed E-state index contributed by atoms with van der Waals surface area (Å²) in [5.41, 5.74) is 0. The Morgan fingerprint density at radius 2 is 2.00 bits per heavy atom. The number of amides is 1. The summed E-state index contributed by atoms with van der Waals surface area (Å²) in [6, 6.07) is 0. The molecule has 1 fully saturated rings. The fourth-order valence-corrected chi connectivity index (χ4v) is 1.86. The van der Waals surface area contributed by atoms with Gasteiger partial charge in [0, 0.05) is 13.0 Å². The van der Waals surface area contributed by atoms with Gasteiger partial charge in [-0.15, -0.1) is 0 Å². The average Bonchev–Trinajstić information content (AvgIpc) is 1.86. The SMILES string of the molecule is O=C1CCCCN1P(=O)(O)O. The molecule has 1 aliphatic heterocycles. The molecule has 0 aromatic rings. The van der Waals surface area contributed by atoms with E-state index in [2.05, 4.69) is 0 Å². The van der Waals surface area contributed by atoms with Crippen LogP contribution in [0.3, 0.4) is 0 Å². The monoisotopic (exact) mass is 179 g/mol. The Labute approximate surface area is 64.2 Å². The van der Waals surface area contributed by atoms with E-state index in [9.17, 15) is 9.36 Å². The lowest BCUT2D eigenvalue weighted by molar-refractivity contribution is -0.129. The van der Waals surface area contributed by atoms with Crippen LogP contribution in [-0.4, -0.2) is 26.9 Å². The molecule has 0 atom stereocenters. The van der Waals surface area contributed by atoms with Gasteiger partial charge in [0.15, 0.2) is 0 Å². The van der Waals surface area contributed by atoms with Crippen LogP contribution in [0.2, 0.25) is 0 Å². The van der Waals surface area contributed by atoms with Gasteiger partial charge in [-0.2, -0.15) is 0 Å². The van der Waals surface area contributed by atoms with Gasteiger partial charge < -0.3 is 9.79 Å². The summed E-state index contributed by atoms with van der Waals surface area (Å²) in [5.74, 6) is -0.440. The maximum atomic E-state index is 10.9. The Hall–Kier alpha value is -0.380. The quantitative estimate of drug-likeness (QED) is 0.559. The van der Waals surface area contributed by atoms with Crippen LogP contribution in [0, 0.1) is 0 Å². The molecule has 0 unspecified atom stereocenters. The van der Waals surface area contributed by atoms with Gasteiger partial charge in [-0.25, -0.2) is 9.24 Å². The van der Waals surface area contributed by atoms with E-state index in [4.69, 9.17) is 9.79 Å². The van der Waals surface area contributed by atoms with Crippen molar-refractivity contribution < 1.29 is 19.1 Å². The first-order valence-electron chi connectivity index (χ1n) is 3.38. The van der Waals surface area contributed by atoms with Crippen LogP contribution in [-0.2, 0) is 9.36 Å². The highest BCUT2D eigenvalue weighted by Gasteiger charge is 2.31. The first-order chi connectivity index (χ1) is 5.02. The molecule has 0 radical (unpaired) electrons. The number of carbonyl (C=O) groups is 1. The van der Waals surface area contributed by atoms with Crippen molar-refractivity contribution in [3.05, 3.63) is 0 Å². The van der Waals surface area contributed by atoms with Gasteiger partial charge in [0.2, 0.25) is 5.91 Å². The summed E-state index contributed by atoms with van der Waals surface area (Å²) in [6.07, 6.45) is 1.66. The van der Waals surface area contributed by atoms with Crippen molar-refractivity contribution in [2.24, 2.45) is 0 Å². The average molecular weight is 179 g/mol. The van der Waals surface area contributed by atoms with Crippen LogP contribution in [0.5, 0.6) is 0 Å². The first-order valence-corrected chi connectivity index (χ1v) is 4.95. The topological polar surface area (TPSA) is 77.8 Å². The second-order valence-corrected chi connectivity index (χ2v) is 4.00. The van der Waals surface area contributed by atoms with Crippen molar-refractivity contribution in [3.63, 3.8) is 0 Å². The number of hydrogen-bond acceptors (Lipinski definition) is 2. The molecule has 1 saturated heterocycles. The molecule has 0 bridgehead atoms. The Morgan fingerprint density at radius 1 is 1.36 bits per heavy atom. The van der Waals surface area contributed by atoms with Gasteiger partial charge in [-0.1, -0.05) is 0 Å². The van der Waals surface area contributed by atoms with Gasteiger partial charge in [0.1, 0.15) is 0 Å². The minimum atomic E-state index is -4.31. The molecule has 0 saturated carbocycles. The molecular weight excluding hydrogens is 169 g/mol. The molecule has 1 rings (SSSR count). The standard InChI is InChI=1S/C5H10NO4P/c7-5-3-1-2-4-6(5)11(8,9)10/h1-4H2,(H2,8,9,10). The van der Waals surface area contributed by atoms with Gasteiger partial charge in [-0.3, -0.25) is 4.79 Å². The second-order valence-electron chi connectivity index (χ2n) is 2.49. The van der Waals surface area contributed by atoms with Gasteiger partial charge in [0.25, 0.3) is 0 Å². The molecule has 0 aliphatic carbocycles. The molecule has 1 heterocycles. The number of hydrogen-bond donors (Lipinski definition) is 2. The summed E-state index contributed by atoms with van der Waals surface area (Å²) in [7, 11) is -4.31. The maximum Gasteiger partial charge on any atom is 0.432 e. The lowest BCUT2D eigenvalue weighted by Crippen LogP contribution is -2.32. The predicted octanol–water partition coefficient (Wildman–Crippen LogP) is 0.0916. The molecule has 0 spiro atoms. The van der Waals surface area contributed by atoms with Crippen molar-refractivity contribution in [2.75, 3.05) is 6.54 Å². The molecule has 11 heavy (non-hydrogen) atoms. The molecule has 0 aromatic heterocycles. The lowest BCUT2D eigenvalue weighted by Gasteiger charge is -2.26. The fourth-order valence-electron chi connectivity index (χ4n) is 1.07. The predicted molar refractivity (Wildman–Crippen MR) is 37.6 cm³/mol. The van der Waals surface area contributed by atoms with E-state index >= 15 is 0 Å². The van der Waals surface area contributed by atoms with Crippen LogP contribution in [0.25, 0.3) is 0 Å². The first kappa shape index (κ1) is 8.71. The molecule has 5 nitrogen and oxygen atoms in total. The van der Waals surface area contributed by atoms with Crippen LogP contribution in [0.1, 0.15) is 19.3 Å². The summed E-state index contributed by atoms with van der Waals surface area (Å²) < 4.78 is 11.2. The summed E-state index contributed by atoms with van der Waals surface area (Å²) in [5, 5.41) is 0. The molecule has 1 aliphatic rings. The zero-order valence-electron chi connectivity index (χ0n) is 5.93. The summed E-state index contributed by atoms with van der Waals surface area (Å²) in [6.45, 7) is 0.184. The summed E-state index contributed by atoms with van der Waals surface area (Å²) >= 11 is 0. The number of piperidine rings is 1. The summed E-state index contributed by atoms with van der Waals surface area (Å²) in [4.78, 5) is 28.1. The molecule has 6 heteroatoms. The van der Waals surface area contributed by atoms with E-state index in [1.165, 1.54) is 0 Å². The minimum Gasteiger partial charge on any atom is -0.308 e. The van der Waals surface area contributed by atoms with E-state index in [0.29, 0.717) is 11.1 Å². The molecular formula is C5H10NO4P. The zero-order valence-corrected chi connectivity index (χ0v) is 6.83. The largest absolute Gasteiger partial charge is 0.432 e. The third kappa shape index (κ3) is 2.02. The Morgan fingerprint density at radius 3 is 2.36 bits per heavy atom. The van der Waals surface area contributed by atoms with Crippen molar-refractivity contribution in [2.45, 2.75) is 19.3 Å². The van der Waals surface area contributed by atoms with Crippen LogP contribution >= 0.6 is 7.75 Å². The van der Waals surface area contributed by atoms with Gasteiger partial charge in [-0.05, 0) is 12.8 Å². The number of nitrogens with zero attached hydrogens (tertiary/aromatic N) is 1. The Bertz CT molecular complexity index is 211. The van der Waals surface area contributed by atoms with E-state index < -0.39 is 13.7 Å². The Balaban J connectivity index is 2.70. The van der Waals surface area contributed by atoms with E-state index in [1.54, 1.807) is 0 Å². The van der Waals surface area contributed by atoms with E-state index in [-0.39, 0.29) is 13.0 Å². The fraction of sp³-hybridized carbons (Fsp3) is 0.800. The van der Waals surface area contributed by atoms with E-state index in [0.717, 1.165) is 6.42 Å². The van der Waals surface area contributed by atoms with Crippen molar-refractivity contribution in [3.8, 4) is 0 Å². The highest BCUT2D eigenvalue weighted by molar-refractivity contribution is 7.49. The highest BCUT2D eigenvalue weighted by atomic mass is 31.2. The van der Waals surface area contributed by atoms with Gasteiger partial charge >= 0.3 is 7.75 Å². The second kappa shape index (κ2) is 2.93. The lowest BCUT2D eigenvalue weighted by atomic mass is 10.2. The molecule has 64 valence electrons. The van der Waals surface area contributed by atoms with Crippen molar-refractivity contribution in [1.82, 2.24) is 4.67 Å². The third-order valence-corrected chi connectivity index (χ3v) is 2.67. The zero-order chi connectivity index (χ0) is 8.48. The molecule has 1 amide bonds. The van der Waals surface area contributed by atoms with Crippen LogP contribution in [0.4, 0.5) is 0 Å². The smallest absolute Gasteiger partial charge is 0.308 e. The number of carbonyl (C=O) groups excluding carboxylic acids is 1.